The van der Waals surface area contributed by atoms with Gasteiger partial charge in [0.05, 0.1) is 10.8 Å². The summed E-state index contributed by atoms with van der Waals surface area (Å²) in [5.41, 5.74) is 2.54. The number of nitrogens with zero attached hydrogens (tertiary/aromatic N) is 2. The van der Waals surface area contributed by atoms with E-state index >= 15 is 0 Å². The third-order valence-corrected chi connectivity index (χ3v) is 7.87. The Balaban J connectivity index is 1.87. The van der Waals surface area contributed by atoms with E-state index in [1.165, 1.54) is 51.4 Å². The van der Waals surface area contributed by atoms with Gasteiger partial charge in [0.15, 0.2) is 24.8 Å². The van der Waals surface area contributed by atoms with Crippen molar-refractivity contribution >= 4 is 74.1 Å². The normalized spacial score (nSPS) is 12.3. The molecule has 0 radical (unpaired) electrons. The number of hydrogen-bond acceptors (Lipinski definition) is 2. The highest BCUT2D eigenvalue weighted by Gasteiger charge is 2.21. The molecule has 0 bridgehead atoms. The summed E-state index contributed by atoms with van der Waals surface area (Å²) in [6.07, 6.45) is 8.60. The topological polar surface area (TPSA) is 8.20 Å². The summed E-state index contributed by atoms with van der Waals surface area (Å²) in [4.78, 5) is 0. The molecule has 4 heteroatoms. The van der Waals surface area contributed by atoms with Crippen LogP contribution < -0.4 is 8.80 Å². The molecule has 0 aliphatic rings. The van der Waals surface area contributed by atoms with Crippen molar-refractivity contribution in [2.45, 2.75) is 0 Å². The van der Waals surface area contributed by atoms with Gasteiger partial charge in [0.1, 0.15) is 0 Å². The predicted octanol–water partition coefficient (Wildman–Crippen LogP) is 5.90. The van der Waals surface area contributed by atoms with Crippen molar-refractivity contribution in [2.24, 2.45) is 0 Å². The molecule has 1 aromatic carbocycles. The molecule has 7 rings (SSSR count). The van der Waals surface area contributed by atoms with E-state index in [-0.39, 0.29) is 0 Å². The summed E-state index contributed by atoms with van der Waals surface area (Å²) in [5.74, 6) is 0. The number of hydrogen-bond donors (Lipinski definition) is 0. The summed E-state index contributed by atoms with van der Waals surface area (Å²) in [6.45, 7) is 0. The molecule has 0 saturated carbocycles. The number of benzene rings is 1. The van der Waals surface area contributed by atoms with Crippen molar-refractivity contribution in [2.75, 3.05) is 0 Å². The monoisotopic (exact) mass is 394 g/mol. The molecule has 6 heterocycles. The summed E-state index contributed by atoms with van der Waals surface area (Å²) in [7, 11) is 0. The zero-order valence-electron chi connectivity index (χ0n) is 14.8. The van der Waals surface area contributed by atoms with Crippen molar-refractivity contribution in [1.29, 1.82) is 0 Å². The van der Waals surface area contributed by atoms with Crippen LogP contribution in [0.25, 0.3) is 51.4 Å². The van der Waals surface area contributed by atoms with Crippen molar-refractivity contribution in [3.63, 3.8) is 0 Å². The van der Waals surface area contributed by atoms with Gasteiger partial charge < -0.3 is 0 Å². The smallest absolute Gasteiger partial charge is 0.167 e. The lowest BCUT2D eigenvalue weighted by molar-refractivity contribution is -0.510. The lowest BCUT2D eigenvalue weighted by Crippen LogP contribution is -2.19. The molecular formula is C24H14N2S2+2. The third kappa shape index (κ3) is 1.81. The van der Waals surface area contributed by atoms with E-state index in [1.807, 2.05) is 22.7 Å². The molecule has 0 amide bonds. The van der Waals surface area contributed by atoms with E-state index in [0.717, 1.165) is 0 Å². The van der Waals surface area contributed by atoms with E-state index in [0.29, 0.717) is 0 Å². The Bertz CT molecular complexity index is 1590. The fourth-order valence-corrected chi connectivity index (χ4v) is 6.69. The first kappa shape index (κ1) is 14.9. The molecule has 130 valence electrons. The first-order valence-electron chi connectivity index (χ1n) is 9.28. The first-order chi connectivity index (χ1) is 13.9. The Morgan fingerprint density at radius 2 is 0.893 bits per heavy atom. The number of aromatic nitrogens is 2. The molecule has 0 fully saturated rings. The number of rotatable bonds is 0. The van der Waals surface area contributed by atoms with Crippen molar-refractivity contribution in [3.05, 3.63) is 85.5 Å². The van der Waals surface area contributed by atoms with Crippen LogP contribution in [-0.2, 0) is 0 Å². The largest absolute Gasteiger partial charge is 0.219 e. The van der Waals surface area contributed by atoms with Gasteiger partial charge >= 0.3 is 0 Å². The molecule has 28 heavy (non-hydrogen) atoms. The van der Waals surface area contributed by atoms with Crippen LogP contribution in [0, 0.1) is 0 Å². The summed E-state index contributed by atoms with van der Waals surface area (Å²) >= 11 is 3.79. The van der Waals surface area contributed by atoms with Crippen molar-refractivity contribution in [1.82, 2.24) is 0 Å². The third-order valence-electron chi connectivity index (χ3n) is 5.63. The Kier molecular flexibility index (Phi) is 2.80. The Morgan fingerprint density at radius 1 is 0.429 bits per heavy atom. The molecule has 7 aromatic rings. The lowest BCUT2D eigenvalue weighted by Gasteiger charge is -1.98. The van der Waals surface area contributed by atoms with Crippen LogP contribution in [0.1, 0.15) is 0 Å². The second-order valence-electron chi connectivity index (χ2n) is 7.11. The zero-order valence-corrected chi connectivity index (χ0v) is 16.4. The van der Waals surface area contributed by atoms with Gasteiger partial charge in [0, 0.05) is 66.0 Å². The molecule has 0 aliphatic heterocycles. The maximum Gasteiger partial charge on any atom is 0.219 e. The Labute approximate surface area is 168 Å². The molecular weight excluding hydrogens is 380 g/mol. The van der Waals surface area contributed by atoms with Gasteiger partial charge in [-0.2, -0.15) is 8.80 Å². The summed E-state index contributed by atoms with van der Waals surface area (Å²) in [6, 6.07) is 22.0. The Hall–Kier alpha value is -3.08. The number of thiophene rings is 2. The van der Waals surface area contributed by atoms with Gasteiger partial charge in [-0.15, -0.1) is 22.7 Å². The van der Waals surface area contributed by atoms with Gasteiger partial charge in [-0.3, -0.25) is 0 Å². The van der Waals surface area contributed by atoms with E-state index in [2.05, 4.69) is 94.3 Å². The van der Waals surface area contributed by atoms with Crippen LogP contribution in [0.3, 0.4) is 0 Å². The maximum absolute atomic E-state index is 2.30. The van der Waals surface area contributed by atoms with Crippen LogP contribution in [-0.4, -0.2) is 0 Å². The second-order valence-corrected chi connectivity index (χ2v) is 9.28. The molecule has 2 nitrogen and oxygen atoms in total. The predicted molar refractivity (Wildman–Crippen MR) is 119 cm³/mol. The van der Waals surface area contributed by atoms with E-state index in [1.54, 1.807) is 0 Å². The highest BCUT2D eigenvalue weighted by molar-refractivity contribution is 7.28. The van der Waals surface area contributed by atoms with E-state index in [9.17, 15) is 0 Å². The van der Waals surface area contributed by atoms with E-state index in [4.69, 9.17) is 0 Å². The second kappa shape index (κ2) is 5.25. The van der Waals surface area contributed by atoms with E-state index < -0.39 is 0 Å². The minimum Gasteiger partial charge on any atom is -0.167 e. The standard InChI is InChI=1S/C24H14N2S2/c1-3-11-25-13-9-19-21(15(25)5-1)23-17(27-19)7-8-18-24(23)22-16-6-2-4-12-26(16)14-10-20(22)28-18/h1-14H/q+2. The van der Waals surface area contributed by atoms with Crippen LogP contribution in [0.15, 0.2) is 85.5 Å². The summed E-state index contributed by atoms with van der Waals surface area (Å²) in [5, 5.41) is 5.52. The van der Waals surface area contributed by atoms with Gasteiger partial charge in [-0.25, -0.2) is 0 Å². The average molecular weight is 395 g/mol. The van der Waals surface area contributed by atoms with Crippen molar-refractivity contribution < 1.29 is 8.80 Å². The maximum atomic E-state index is 2.30. The molecule has 0 spiro atoms. The molecule has 0 atom stereocenters. The zero-order chi connectivity index (χ0) is 18.2. The fraction of sp³-hybridized carbons (Fsp3) is 0. The highest BCUT2D eigenvalue weighted by Crippen LogP contribution is 2.45. The van der Waals surface area contributed by atoms with Gasteiger partial charge in [-0.05, 0) is 24.3 Å². The molecule has 0 N–H and O–H groups in total. The van der Waals surface area contributed by atoms with Gasteiger partial charge in [-0.1, -0.05) is 0 Å². The fourth-order valence-electron chi connectivity index (χ4n) is 4.45. The van der Waals surface area contributed by atoms with Crippen LogP contribution in [0.4, 0.5) is 0 Å². The number of pyridine rings is 4. The quantitative estimate of drug-likeness (QED) is 0.283. The summed E-state index contributed by atoms with van der Waals surface area (Å²) < 4.78 is 9.87. The molecule has 0 unspecified atom stereocenters. The molecule has 0 saturated heterocycles. The highest BCUT2D eigenvalue weighted by atomic mass is 32.1. The van der Waals surface area contributed by atoms with Gasteiger partial charge in [0.25, 0.3) is 0 Å². The number of fused-ring (bicyclic) bond motifs is 11. The molecule has 0 aliphatic carbocycles. The van der Waals surface area contributed by atoms with Crippen molar-refractivity contribution in [3.8, 4) is 0 Å². The average Bonchev–Trinajstić information content (AvgIpc) is 3.31. The van der Waals surface area contributed by atoms with Crippen LogP contribution in [0.2, 0.25) is 0 Å². The minimum atomic E-state index is 1.27. The first-order valence-corrected chi connectivity index (χ1v) is 10.9. The lowest BCUT2D eigenvalue weighted by atomic mass is 10.0. The van der Waals surface area contributed by atoms with Crippen LogP contribution in [0.5, 0.6) is 0 Å². The molecule has 6 aromatic heterocycles. The minimum absolute atomic E-state index is 1.27. The SMILES string of the molecule is c1cc[n+]2ccc3sc4ccc5sc6cc[n+]7ccccc7c6c5c4c3c2c1. The van der Waals surface area contributed by atoms with Crippen LogP contribution >= 0.6 is 22.7 Å². The Morgan fingerprint density at radius 3 is 1.39 bits per heavy atom. The van der Waals surface area contributed by atoms with Gasteiger partial charge in [0.2, 0.25) is 11.0 Å².